The number of para-hydroxylation sites is 1. The molecule has 7 rings (SSSR count). The molecule has 5 aromatic rings. The van der Waals surface area contributed by atoms with Crippen molar-refractivity contribution in [2.24, 2.45) is 18.0 Å². The molecule has 0 saturated carbocycles. The lowest BCUT2D eigenvalue weighted by Crippen LogP contribution is -2.23. The minimum absolute atomic E-state index is 0.00554. The number of hydroxylamine groups is 2. The summed E-state index contributed by atoms with van der Waals surface area (Å²) in [5, 5.41) is 12.0. The van der Waals surface area contributed by atoms with Gasteiger partial charge in [0, 0.05) is 62.3 Å². The van der Waals surface area contributed by atoms with Crippen molar-refractivity contribution in [1.29, 1.82) is 0 Å². The number of halogens is 2. The maximum Gasteiger partial charge on any atom is 0.159 e. The van der Waals surface area contributed by atoms with Gasteiger partial charge in [-0.2, -0.15) is 15.3 Å². The van der Waals surface area contributed by atoms with Crippen LogP contribution in [0.1, 0.15) is 29.3 Å². The highest BCUT2D eigenvalue weighted by Gasteiger charge is 2.37. The molecule has 9 nitrogen and oxygen atoms in total. The van der Waals surface area contributed by atoms with E-state index in [1.165, 1.54) is 6.07 Å². The second-order valence-corrected chi connectivity index (χ2v) is 11.6. The van der Waals surface area contributed by atoms with Gasteiger partial charge in [0.05, 0.1) is 29.8 Å². The molecule has 2 aromatic carbocycles. The van der Waals surface area contributed by atoms with Crippen LogP contribution in [0.15, 0.2) is 83.6 Å². The number of pyridine rings is 1. The van der Waals surface area contributed by atoms with Crippen LogP contribution in [0.5, 0.6) is 0 Å². The van der Waals surface area contributed by atoms with Crippen LogP contribution in [0.3, 0.4) is 0 Å². The van der Waals surface area contributed by atoms with E-state index in [0.717, 1.165) is 56.9 Å². The summed E-state index contributed by atoms with van der Waals surface area (Å²) in [5.41, 5.74) is 6.42. The molecule has 1 saturated heterocycles. The lowest BCUT2D eigenvalue weighted by atomic mass is 9.90. The fourth-order valence-corrected chi connectivity index (χ4v) is 6.17. The van der Waals surface area contributed by atoms with Gasteiger partial charge in [-0.05, 0) is 60.0 Å². The van der Waals surface area contributed by atoms with Gasteiger partial charge in [-0.3, -0.25) is 19.3 Å². The van der Waals surface area contributed by atoms with E-state index in [9.17, 15) is 13.6 Å². The maximum absolute atomic E-state index is 14.3. The Hall–Kier alpha value is -4.87. The standard InChI is InChI=1S/C34H31F2N7O2/c1-21-31(43(27-6-4-3-5-7-27)40-32(21)24-12-25-18-39-41(2)34(25)38-17-24)15-28(44)13-26-20-42(19-22-10-11-37-16-22)45-33(26)23-8-9-29(35)30(36)14-23/h3-12,14,17-18,26,33H,13,15-16,19-20H2,1-2H3/t26-,33+/m1/s1. The molecule has 0 unspecified atom stereocenters. The molecule has 1 fully saturated rings. The Balaban J connectivity index is 1.18. The van der Waals surface area contributed by atoms with E-state index in [2.05, 4.69) is 15.1 Å². The highest BCUT2D eigenvalue weighted by molar-refractivity contribution is 5.84. The van der Waals surface area contributed by atoms with Crippen molar-refractivity contribution in [2.45, 2.75) is 25.9 Å². The number of benzene rings is 2. The molecule has 0 radical (unpaired) electrons. The minimum Gasteiger partial charge on any atom is -0.299 e. The lowest BCUT2D eigenvalue weighted by molar-refractivity contribution is -0.144. The minimum atomic E-state index is -0.944. The summed E-state index contributed by atoms with van der Waals surface area (Å²) in [4.78, 5) is 29.0. The monoisotopic (exact) mass is 607 g/mol. The smallest absolute Gasteiger partial charge is 0.159 e. The number of aryl methyl sites for hydroxylation is 1. The van der Waals surface area contributed by atoms with E-state index >= 15 is 0 Å². The molecule has 45 heavy (non-hydrogen) atoms. The Morgan fingerprint density at radius 1 is 1.07 bits per heavy atom. The molecule has 0 bridgehead atoms. The first-order chi connectivity index (χ1) is 21.8. The van der Waals surface area contributed by atoms with Crippen LogP contribution in [0.25, 0.3) is 28.0 Å². The number of carbonyl (C=O) groups is 1. The van der Waals surface area contributed by atoms with E-state index in [-0.39, 0.29) is 24.5 Å². The second kappa shape index (κ2) is 11.9. The SMILES string of the molecule is Cc1c(-c2cnc3c(cnn3C)c2)nn(-c2ccccc2)c1CC(=O)C[C@@H]1CN(CC2=CC=NC2)O[C@H]1c1ccc(F)c(F)c1. The van der Waals surface area contributed by atoms with Crippen LogP contribution in [0.2, 0.25) is 0 Å². The predicted octanol–water partition coefficient (Wildman–Crippen LogP) is 5.52. The topological polar surface area (TPSA) is 90.4 Å². The third-order valence-corrected chi connectivity index (χ3v) is 8.43. The zero-order valence-corrected chi connectivity index (χ0v) is 24.9. The largest absolute Gasteiger partial charge is 0.299 e. The number of hydrogen-bond donors (Lipinski definition) is 0. The summed E-state index contributed by atoms with van der Waals surface area (Å²) in [6.07, 6.45) is 6.98. The quantitative estimate of drug-likeness (QED) is 0.219. The van der Waals surface area contributed by atoms with Crippen LogP contribution in [-0.4, -0.2) is 61.2 Å². The number of aromatic nitrogens is 5. The van der Waals surface area contributed by atoms with Crippen LogP contribution in [0, 0.1) is 24.5 Å². The molecule has 2 aliphatic heterocycles. The normalized spacial score (nSPS) is 18.3. The van der Waals surface area contributed by atoms with Crippen molar-refractivity contribution < 1.29 is 18.4 Å². The third kappa shape index (κ3) is 5.72. The lowest BCUT2D eigenvalue weighted by Gasteiger charge is -2.18. The molecule has 2 atom stereocenters. The number of carbonyl (C=O) groups excluding carboxylic acids is 1. The van der Waals surface area contributed by atoms with Crippen molar-refractivity contribution in [3.63, 3.8) is 0 Å². The van der Waals surface area contributed by atoms with Gasteiger partial charge < -0.3 is 0 Å². The van der Waals surface area contributed by atoms with Crippen LogP contribution < -0.4 is 0 Å². The van der Waals surface area contributed by atoms with Crippen LogP contribution in [-0.2, 0) is 23.1 Å². The molecule has 11 heteroatoms. The molecular weight excluding hydrogens is 576 g/mol. The second-order valence-electron chi connectivity index (χ2n) is 11.6. The average Bonchev–Trinajstić information content (AvgIpc) is 3.84. The van der Waals surface area contributed by atoms with Crippen molar-refractivity contribution in [2.75, 3.05) is 19.6 Å². The van der Waals surface area contributed by atoms with Crippen LogP contribution >= 0.6 is 0 Å². The van der Waals surface area contributed by atoms with Gasteiger partial charge in [-0.25, -0.2) is 18.4 Å². The first-order valence-corrected chi connectivity index (χ1v) is 14.8. The number of nitrogens with zero attached hydrogens (tertiary/aromatic N) is 7. The Bertz CT molecular complexity index is 1960. The fraction of sp³-hybridized carbons (Fsp3) is 0.265. The summed E-state index contributed by atoms with van der Waals surface area (Å²) >= 11 is 0. The van der Waals surface area contributed by atoms with Crippen molar-refractivity contribution in [3.8, 4) is 16.9 Å². The summed E-state index contributed by atoms with van der Waals surface area (Å²) in [6.45, 7) is 3.54. The van der Waals surface area contributed by atoms with E-state index < -0.39 is 17.7 Å². The Kier molecular flexibility index (Phi) is 7.64. The highest BCUT2D eigenvalue weighted by Crippen LogP contribution is 2.38. The molecule has 3 aromatic heterocycles. The molecule has 228 valence electrons. The molecule has 2 aliphatic rings. The first-order valence-electron chi connectivity index (χ1n) is 14.8. The predicted molar refractivity (Wildman–Crippen MR) is 166 cm³/mol. The van der Waals surface area contributed by atoms with Gasteiger partial charge in [0.25, 0.3) is 0 Å². The van der Waals surface area contributed by atoms with Gasteiger partial charge in [-0.1, -0.05) is 24.3 Å². The van der Waals surface area contributed by atoms with E-state index in [0.29, 0.717) is 25.2 Å². The Morgan fingerprint density at radius 3 is 2.69 bits per heavy atom. The summed E-state index contributed by atoms with van der Waals surface area (Å²) in [5.74, 6) is -2.14. The first kappa shape index (κ1) is 28.9. The Labute approximate surface area is 258 Å². The maximum atomic E-state index is 14.3. The number of ketones is 1. The van der Waals surface area contributed by atoms with Gasteiger partial charge >= 0.3 is 0 Å². The van der Waals surface area contributed by atoms with E-state index in [4.69, 9.17) is 9.94 Å². The van der Waals surface area contributed by atoms with Crippen molar-refractivity contribution >= 4 is 23.0 Å². The number of hydrogen-bond acceptors (Lipinski definition) is 7. The molecule has 0 amide bonds. The van der Waals surface area contributed by atoms with Crippen molar-refractivity contribution in [3.05, 3.63) is 107 Å². The number of allylic oxidation sites excluding steroid dienone is 1. The molecule has 0 aliphatic carbocycles. The number of fused-ring (bicyclic) bond motifs is 1. The third-order valence-electron chi connectivity index (χ3n) is 8.43. The summed E-state index contributed by atoms with van der Waals surface area (Å²) < 4.78 is 31.6. The number of rotatable bonds is 9. The molecule has 0 N–H and O–H groups in total. The number of aliphatic imine (C=N–C) groups is 1. The van der Waals surface area contributed by atoms with E-state index in [1.54, 1.807) is 28.4 Å². The highest BCUT2D eigenvalue weighted by atomic mass is 19.2. The molecule has 0 spiro atoms. The van der Waals surface area contributed by atoms with Crippen molar-refractivity contribution in [1.82, 2.24) is 29.6 Å². The molecular formula is C34H31F2N7O2. The average molecular weight is 608 g/mol. The fourth-order valence-electron chi connectivity index (χ4n) is 6.17. The summed E-state index contributed by atoms with van der Waals surface area (Å²) in [7, 11) is 1.85. The summed E-state index contributed by atoms with van der Waals surface area (Å²) in [6, 6.07) is 15.5. The van der Waals surface area contributed by atoms with Gasteiger partial charge in [0.15, 0.2) is 17.3 Å². The zero-order valence-electron chi connectivity index (χ0n) is 24.9. The van der Waals surface area contributed by atoms with Crippen LogP contribution in [0.4, 0.5) is 8.78 Å². The Morgan fingerprint density at radius 2 is 1.91 bits per heavy atom. The number of Topliss-reactive ketones (excluding diaryl/α,β-unsaturated/α-hetero) is 1. The van der Waals surface area contributed by atoms with Gasteiger partial charge in [0.2, 0.25) is 0 Å². The molecule has 5 heterocycles. The zero-order chi connectivity index (χ0) is 31.1. The van der Waals surface area contributed by atoms with E-state index in [1.807, 2.05) is 61.1 Å². The van der Waals surface area contributed by atoms with Gasteiger partial charge in [-0.15, -0.1) is 0 Å². The van der Waals surface area contributed by atoms with Gasteiger partial charge in [0.1, 0.15) is 11.9 Å².